The quantitative estimate of drug-likeness (QED) is 0.840. The highest BCUT2D eigenvalue weighted by Gasteiger charge is 2.28. The normalized spacial score (nSPS) is 12.1. The molecule has 0 saturated carbocycles. The minimum Gasteiger partial charge on any atom is -0.384 e. The number of anilines is 1. The number of pyridine rings is 1. The predicted molar refractivity (Wildman–Crippen MR) is 51.0 cm³/mol. The van der Waals surface area contributed by atoms with Crippen LogP contribution in [0.1, 0.15) is 5.56 Å². The van der Waals surface area contributed by atoms with Crippen LogP contribution in [0.2, 0.25) is 0 Å². The molecule has 1 rings (SSSR count). The summed E-state index contributed by atoms with van der Waals surface area (Å²) in [5.41, 5.74) is 6.06. The lowest BCUT2D eigenvalue weighted by atomic mass is 10.2. The van der Waals surface area contributed by atoms with E-state index in [1.165, 1.54) is 18.1 Å². The third-order valence-corrected chi connectivity index (χ3v) is 1.75. The van der Waals surface area contributed by atoms with Crippen molar-refractivity contribution in [2.24, 2.45) is 0 Å². The number of alkyl halides is 3. The summed E-state index contributed by atoms with van der Waals surface area (Å²) < 4.78 is 36.0. The second-order valence-electron chi connectivity index (χ2n) is 3.38. The van der Waals surface area contributed by atoms with Gasteiger partial charge in [0.2, 0.25) is 0 Å². The second-order valence-corrected chi connectivity index (χ2v) is 3.38. The molecular weight excluding hydrogens is 207 g/mol. The average molecular weight is 219 g/mol. The molecule has 0 amide bonds. The van der Waals surface area contributed by atoms with Crippen LogP contribution in [-0.4, -0.2) is 29.7 Å². The van der Waals surface area contributed by atoms with E-state index in [1.807, 2.05) is 0 Å². The monoisotopic (exact) mass is 219 g/mol. The van der Waals surface area contributed by atoms with Crippen molar-refractivity contribution in [1.29, 1.82) is 0 Å². The molecule has 0 fully saturated rings. The van der Waals surface area contributed by atoms with Crippen LogP contribution in [0.3, 0.4) is 0 Å². The lowest BCUT2D eigenvalue weighted by molar-refractivity contribution is -0.144. The highest BCUT2D eigenvalue weighted by Crippen LogP contribution is 2.16. The van der Waals surface area contributed by atoms with Gasteiger partial charge in [0, 0.05) is 12.7 Å². The fourth-order valence-corrected chi connectivity index (χ4v) is 1.20. The summed E-state index contributed by atoms with van der Waals surface area (Å²) in [6, 6.07) is 3.23. The van der Waals surface area contributed by atoms with Crippen molar-refractivity contribution in [3.05, 3.63) is 23.9 Å². The molecule has 6 heteroatoms. The van der Waals surface area contributed by atoms with Crippen molar-refractivity contribution in [3.63, 3.8) is 0 Å². The van der Waals surface area contributed by atoms with E-state index < -0.39 is 12.7 Å². The molecule has 0 aliphatic carbocycles. The molecule has 0 aliphatic heterocycles. The maximum atomic E-state index is 12.0. The van der Waals surface area contributed by atoms with Gasteiger partial charge in [-0.1, -0.05) is 6.07 Å². The zero-order chi connectivity index (χ0) is 11.5. The minimum absolute atomic E-state index is 0.201. The molecule has 0 saturated heterocycles. The maximum absolute atomic E-state index is 12.0. The van der Waals surface area contributed by atoms with Crippen LogP contribution in [-0.2, 0) is 6.54 Å². The summed E-state index contributed by atoms with van der Waals surface area (Å²) in [7, 11) is 1.41. The summed E-state index contributed by atoms with van der Waals surface area (Å²) in [4.78, 5) is 4.97. The molecule has 15 heavy (non-hydrogen) atoms. The molecule has 0 unspecified atom stereocenters. The largest absolute Gasteiger partial charge is 0.401 e. The van der Waals surface area contributed by atoms with Crippen LogP contribution in [0.5, 0.6) is 0 Å². The van der Waals surface area contributed by atoms with E-state index in [4.69, 9.17) is 5.73 Å². The van der Waals surface area contributed by atoms with Crippen molar-refractivity contribution in [1.82, 2.24) is 9.88 Å². The number of rotatable bonds is 3. The van der Waals surface area contributed by atoms with Crippen molar-refractivity contribution >= 4 is 5.82 Å². The zero-order valence-corrected chi connectivity index (χ0v) is 8.25. The standard InChI is InChI=1S/C9H12F3N3/c1-15(6-9(10,11)12)5-7-2-3-8(13)14-4-7/h2-4H,5-6H2,1H3,(H2,13,14). The van der Waals surface area contributed by atoms with Gasteiger partial charge < -0.3 is 5.73 Å². The molecule has 0 radical (unpaired) electrons. The zero-order valence-electron chi connectivity index (χ0n) is 8.25. The first-order chi connectivity index (χ1) is 6.87. The third-order valence-electron chi connectivity index (χ3n) is 1.75. The van der Waals surface area contributed by atoms with Crippen molar-refractivity contribution < 1.29 is 13.2 Å². The van der Waals surface area contributed by atoms with Crippen molar-refractivity contribution in [2.45, 2.75) is 12.7 Å². The predicted octanol–water partition coefficient (Wildman–Crippen LogP) is 1.66. The molecule has 1 aromatic heterocycles. The van der Waals surface area contributed by atoms with E-state index in [1.54, 1.807) is 12.1 Å². The van der Waals surface area contributed by atoms with Crippen LogP contribution in [0.4, 0.5) is 19.0 Å². The lowest BCUT2D eigenvalue weighted by Gasteiger charge is -2.18. The molecule has 0 aliphatic rings. The number of halogens is 3. The molecule has 3 nitrogen and oxygen atoms in total. The van der Waals surface area contributed by atoms with Gasteiger partial charge in [0.25, 0.3) is 0 Å². The Morgan fingerprint density at radius 2 is 2.07 bits per heavy atom. The Kier molecular flexibility index (Phi) is 3.52. The third kappa shape index (κ3) is 4.64. The van der Waals surface area contributed by atoms with Gasteiger partial charge in [-0.3, -0.25) is 4.90 Å². The Bertz CT molecular complexity index is 307. The molecule has 0 spiro atoms. The molecule has 1 aromatic rings. The first kappa shape index (κ1) is 11.8. The topological polar surface area (TPSA) is 42.1 Å². The molecule has 0 atom stereocenters. The Labute approximate surface area is 85.7 Å². The van der Waals surface area contributed by atoms with Crippen LogP contribution < -0.4 is 5.73 Å². The van der Waals surface area contributed by atoms with Gasteiger partial charge in [0.1, 0.15) is 5.82 Å². The fourth-order valence-electron chi connectivity index (χ4n) is 1.20. The van der Waals surface area contributed by atoms with Crippen molar-refractivity contribution in [2.75, 3.05) is 19.3 Å². The van der Waals surface area contributed by atoms with Gasteiger partial charge in [-0.15, -0.1) is 0 Å². The number of nitrogen functional groups attached to an aromatic ring is 1. The number of hydrogen-bond acceptors (Lipinski definition) is 3. The van der Waals surface area contributed by atoms with Gasteiger partial charge in [-0.2, -0.15) is 13.2 Å². The summed E-state index contributed by atoms with van der Waals surface area (Å²) in [5, 5.41) is 0. The van der Waals surface area contributed by atoms with Crippen LogP contribution in [0, 0.1) is 0 Å². The molecule has 2 N–H and O–H groups in total. The van der Waals surface area contributed by atoms with Crippen LogP contribution in [0.15, 0.2) is 18.3 Å². The first-order valence-electron chi connectivity index (χ1n) is 4.32. The van der Waals surface area contributed by atoms with Gasteiger partial charge in [-0.05, 0) is 18.7 Å². The highest BCUT2D eigenvalue weighted by atomic mass is 19.4. The average Bonchev–Trinajstić information content (AvgIpc) is 2.05. The fraction of sp³-hybridized carbons (Fsp3) is 0.444. The Morgan fingerprint density at radius 1 is 1.40 bits per heavy atom. The number of aromatic nitrogens is 1. The van der Waals surface area contributed by atoms with Gasteiger partial charge in [0.05, 0.1) is 6.54 Å². The minimum atomic E-state index is -4.17. The first-order valence-corrected chi connectivity index (χ1v) is 4.32. The summed E-state index contributed by atoms with van der Waals surface area (Å²) >= 11 is 0. The highest BCUT2D eigenvalue weighted by molar-refractivity contribution is 5.29. The second kappa shape index (κ2) is 4.48. The Hall–Kier alpha value is -1.30. The van der Waals surface area contributed by atoms with E-state index in [0.29, 0.717) is 11.4 Å². The summed E-state index contributed by atoms with van der Waals surface area (Å²) in [6.45, 7) is -0.732. The van der Waals surface area contributed by atoms with Crippen molar-refractivity contribution in [3.8, 4) is 0 Å². The summed E-state index contributed by atoms with van der Waals surface area (Å²) in [5.74, 6) is 0.359. The van der Waals surface area contributed by atoms with Crippen LogP contribution in [0.25, 0.3) is 0 Å². The Balaban J connectivity index is 2.51. The summed E-state index contributed by atoms with van der Waals surface area (Å²) in [6.07, 6.45) is -2.70. The molecule has 84 valence electrons. The molecule has 0 aromatic carbocycles. The van der Waals surface area contributed by atoms with Gasteiger partial charge >= 0.3 is 6.18 Å². The number of nitrogens with two attached hydrogens (primary N) is 1. The van der Waals surface area contributed by atoms with E-state index in [2.05, 4.69) is 4.98 Å². The van der Waals surface area contributed by atoms with Gasteiger partial charge in [-0.25, -0.2) is 4.98 Å². The smallest absolute Gasteiger partial charge is 0.384 e. The lowest BCUT2D eigenvalue weighted by Crippen LogP contribution is -2.30. The van der Waals surface area contributed by atoms with Gasteiger partial charge in [0.15, 0.2) is 0 Å². The van der Waals surface area contributed by atoms with E-state index >= 15 is 0 Å². The van der Waals surface area contributed by atoms with E-state index in [-0.39, 0.29) is 6.54 Å². The maximum Gasteiger partial charge on any atom is 0.401 e. The number of hydrogen-bond donors (Lipinski definition) is 1. The number of nitrogens with zero attached hydrogens (tertiary/aromatic N) is 2. The molecule has 0 bridgehead atoms. The molecule has 1 heterocycles. The SMILES string of the molecule is CN(Cc1ccc(N)nc1)CC(F)(F)F. The van der Waals surface area contributed by atoms with Crippen LogP contribution >= 0.6 is 0 Å². The van der Waals surface area contributed by atoms with E-state index in [0.717, 1.165) is 0 Å². The van der Waals surface area contributed by atoms with E-state index in [9.17, 15) is 13.2 Å². The Morgan fingerprint density at radius 3 is 2.53 bits per heavy atom. The molecular formula is C9H12F3N3.